The van der Waals surface area contributed by atoms with Crippen LogP contribution in [0.1, 0.15) is 25.3 Å². The number of aliphatic hydroxyl groups is 1. The first-order valence-electron chi connectivity index (χ1n) is 5.90. The Morgan fingerprint density at radius 2 is 2.29 bits per heavy atom. The summed E-state index contributed by atoms with van der Waals surface area (Å²) in [7, 11) is 0. The molecule has 0 saturated carbocycles. The van der Waals surface area contributed by atoms with Gasteiger partial charge in [0.05, 0.1) is 6.10 Å². The maximum Gasteiger partial charge on any atom is 0.218 e. The molecule has 0 saturated heterocycles. The molecule has 0 aliphatic carbocycles. The van der Waals surface area contributed by atoms with Gasteiger partial charge in [0, 0.05) is 24.1 Å². The second-order valence-corrected chi connectivity index (χ2v) is 4.62. The van der Waals surface area contributed by atoms with Gasteiger partial charge in [-0.1, -0.05) is 25.1 Å². The van der Waals surface area contributed by atoms with E-state index in [-0.39, 0.29) is 12.3 Å². The maximum atomic E-state index is 11.3. The standard InChI is InChI=1S/C13H18N2O2/c1-2-11(16)13(7-12(14)17)8-15-10-6-4-3-5-9(10)13/h3-6,11,15-16H,2,7-8H2,1H3,(H2,14,17). The third-order valence-corrected chi connectivity index (χ3v) is 3.57. The number of hydrogen-bond donors (Lipinski definition) is 3. The lowest BCUT2D eigenvalue weighted by Crippen LogP contribution is -2.44. The molecule has 1 aromatic rings. The zero-order chi connectivity index (χ0) is 12.5. The summed E-state index contributed by atoms with van der Waals surface area (Å²) in [6.07, 6.45) is 0.209. The number of anilines is 1. The number of rotatable bonds is 4. The first-order valence-corrected chi connectivity index (χ1v) is 5.90. The molecule has 2 unspecified atom stereocenters. The van der Waals surface area contributed by atoms with Gasteiger partial charge in [0.2, 0.25) is 5.91 Å². The van der Waals surface area contributed by atoms with Gasteiger partial charge >= 0.3 is 0 Å². The van der Waals surface area contributed by atoms with Crippen molar-refractivity contribution in [3.63, 3.8) is 0 Å². The number of benzene rings is 1. The van der Waals surface area contributed by atoms with Crippen LogP contribution in [-0.2, 0) is 10.2 Å². The number of nitrogens with two attached hydrogens (primary N) is 1. The number of primary amides is 1. The Bertz CT molecular complexity index is 433. The fourth-order valence-electron chi connectivity index (χ4n) is 2.69. The van der Waals surface area contributed by atoms with E-state index < -0.39 is 11.5 Å². The SMILES string of the molecule is CCC(O)C1(CC(N)=O)CNc2ccccc21. The second-order valence-electron chi connectivity index (χ2n) is 4.62. The van der Waals surface area contributed by atoms with E-state index >= 15 is 0 Å². The summed E-state index contributed by atoms with van der Waals surface area (Å²) < 4.78 is 0. The molecule has 4 nitrogen and oxygen atoms in total. The minimum Gasteiger partial charge on any atom is -0.392 e. The molecular formula is C13H18N2O2. The number of carbonyl (C=O) groups is 1. The maximum absolute atomic E-state index is 11.3. The van der Waals surface area contributed by atoms with Crippen LogP contribution >= 0.6 is 0 Å². The normalized spacial score (nSPS) is 23.9. The molecular weight excluding hydrogens is 216 g/mol. The van der Waals surface area contributed by atoms with Crippen LogP contribution in [0.25, 0.3) is 0 Å². The van der Waals surface area contributed by atoms with Crippen LogP contribution in [0, 0.1) is 0 Å². The van der Waals surface area contributed by atoms with Crippen LogP contribution < -0.4 is 11.1 Å². The number of carbonyl (C=O) groups excluding carboxylic acids is 1. The van der Waals surface area contributed by atoms with Crippen LogP contribution in [0.3, 0.4) is 0 Å². The van der Waals surface area contributed by atoms with Gasteiger partial charge in [-0.25, -0.2) is 0 Å². The van der Waals surface area contributed by atoms with E-state index in [2.05, 4.69) is 5.32 Å². The van der Waals surface area contributed by atoms with Gasteiger partial charge in [-0.3, -0.25) is 4.79 Å². The minimum atomic E-state index is -0.572. The number of aliphatic hydroxyl groups excluding tert-OH is 1. The van der Waals surface area contributed by atoms with Crippen molar-refractivity contribution in [2.24, 2.45) is 5.73 Å². The highest BCUT2D eigenvalue weighted by Crippen LogP contribution is 2.42. The zero-order valence-corrected chi connectivity index (χ0v) is 9.94. The zero-order valence-electron chi connectivity index (χ0n) is 9.94. The summed E-state index contributed by atoms with van der Waals surface area (Å²) >= 11 is 0. The van der Waals surface area contributed by atoms with Crippen molar-refractivity contribution in [1.82, 2.24) is 0 Å². The van der Waals surface area contributed by atoms with Crippen molar-refractivity contribution < 1.29 is 9.90 Å². The van der Waals surface area contributed by atoms with E-state index in [1.807, 2.05) is 31.2 Å². The Kier molecular flexibility index (Phi) is 3.07. The van der Waals surface area contributed by atoms with Gasteiger partial charge in [-0.05, 0) is 18.1 Å². The molecule has 0 radical (unpaired) electrons. The van der Waals surface area contributed by atoms with E-state index in [1.54, 1.807) is 0 Å². The van der Waals surface area contributed by atoms with Crippen molar-refractivity contribution >= 4 is 11.6 Å². The molecule has 1 aliphatic heterocycles. The molecule has 1 aliphatic rings. The lowest BCUT2D eigenvalue weighted by atomic mass is 9.73. The van der Waals surface area contributed by atoms with Crippen LogP contribution in [0.2, 0.25) is 0 Å². The van der Waals surface area contributed by atoms with Crippen molar-refractivity contribution in [2.45, 2.75) is 31.3 Å². The molecule has 1 heterocycles. The highest BCUT2D eigenvalue weighted by atomic mass is 16.3. The van der Waals surface area contributed by atoms with Crippen molar-refractivity contribution in [3.8, 4) is 0 Å². The highest BCUT2D eigenvalue weighted by molar-refractivity contribution is 5.78. The smallest absolute Gasteiger partial charge is 0.218 e. The molecule has 2 atom stereocenters. The Hall–Kier alpha value is -1.55. The molecule has 1 aromatic carbocycles. The molecule has 17 heavy (non-hydrogen) atoms. The molecule has 0 aromatic heterocycles. The van der Waals surface area contributed by atoms with Crippen LogP contribution in [-0.4, -0.2) is 23.7 Å². The van der Waals surface area contributed by atoms with E-state index in [9.17, 15) is 9.90 Å². The van der Waals surface area contributed by atoms with Gasteiger partial charge in [0.25, 0.3) is 0 Å². The van der Waals surface area contributed by atoms with Gasteiger partial charge in [0.15, 0.2) is 0 Å². The van der Waals surface area contributed by atoms with Crippen molar-refractivity contribution in [1.29, 1.82) is 0 Å². The third kappa shape index (κ3) is 1.89. The quantitative estimate of drug-likeness (QED) is 0.727. The van der Waals surface area contributed by atoms with Crippen LogP contribution in [0.5, 0.6) is 0 Å². The summed E-state index contributed by atoms with van der Waals surface area (Å²) in [5, 5.41) is 13.5. The van der Waals surface area contributed by atoms with E-state index in [1.165, 1.54) is 0 Å². The molecule has 0 spiro atoms. The second kappa shape index (κ2) is 4.37. The largest absolute Gasteiger partial charge is 0.392 e. The number of amides is 1. The molecule has 0 bridgehead atoms. The Morgan fingerprint density at radius 1 is 1.59 bits per heavy atom. The van der Waals surface area contributed by atoms with Gasteiger partial charge in [-0.2, -0.15) is 0 Å². The summed E-state index contributed by atoms with van der Waals surface area (Å²) in [5.74, 6) is -0.379. The lowest BCUT2D eigenvalue weighted by molar-refractivity contribution is -0.120. The summed E-state index contributed by atoms with van der Waals surface area (Å²) in [6.45, 7) is 2.47. The fraction of sp³-hybridized carbons (Fsp3) is 0.462. The number of hydrogen-bond acceptors (Lipinski definition) is 3. The average Bonchev–Trinajstić information content (AvgIpc) is 2.68. The monoisotopic (exact) mass is 234 g/mol. The molecule has 4 heteroatoms. The summed E-state index contributed by atoms with van der Waals surface area (Å²) in [4.78, 5) is 11.3. The van der Waals surface area contributed by atoms with Crippen molar-refractivity contribution in [3.05, 3.63) is 29.8 Å². The Morgan fingerprint density at radius 3 is 2.94 bits per heavy atom. The number of fused-ring (bicyclic) bond motifs is 1. The topological polar surface area (TPSA) is 75.3 Å². The first-order chi connectivity index (χ1) is 8.10. The molecule has 4 N–H and O–H groups in total. The van der Waals surface area contributed by atoms with E-state index in [0.717, 1.165) is 11.3 Å². The Balaban J connectivity index is 2.46. The predicted molar refractivity (Wildman–Crippen MR) is 66.7 cm³/mol. The van der Waals surface area contributed by atoms with Gasteiger partial charge < -0.3 is 16.2 Å². The van der Waals surface area contributed by atoms with Crippen LogP contribution in [0.4, 0.5) is 5.69 Å². The van der Waals surface area contributed by atoms with Crippen LogP contribution in [0.15, 0.2) is 24.3 Å². The van der Waals surface area contributed by atoms with E-state index in [4.69, 9.17) is 5.73 Å². The minimum absolute atomic E-state index is 0.173. The number of nitrogens with one attached hydrogen (secondary N) is 1. The first kappa shape index (κ1) is 11.9. The molecule has 92 valence electrons. The number of para-hydroxylation sites is 1. The average molecular weight is 234 g/mol. The Labute approximate surface area is 101 Å². The van der Waals surface area contributed by atoms with Crippen molar-refractivity contribution in [2.75, 3.05) is 11.9 Å². The molecule has 1 amide bonds. The predicted octanol–water partition coefficient (Wildman–Crippen LogP) is 0.996. The van der Waals surface area contributed by atoms with Gasteiger partial charge in [-0.15, -0.1) is 0 Å². The molecule has 0 fully saturated rings. The van der Waals surface area contributed by atoms with Gasteiger partial charge in [0.1, 0.15) is 0 Å². The fourth-order valence-corrected chi connectivity index (χ4v) is 2.69. The summed E-state index contributed by atoms with van der Waals surface area (Å²) in [6, 6.07) is 7.77. The lowest BCUT2D eigenvalue weighted by Gasteiger charge is -2.32. The third-order valence-electron chi connectivity index (χ3n) is 3.57. The summed E-state index contributed by atoms with van der Waals surface area (Å²) in [5.41, 5.74) is 6.74. The van der Waals surface area contributed by atoms with E-state index in [0.29, 0.717) is 13.0 Å². The molecule has 2 rings (SSSR count). The highest BCUT2D eigenvalue weighted by Gasteiger charge is 2.45.